The highest BCUT2D eigenvalue weighted by atomic mass is 35.5. The molecule has 1 heterocycles. The predicted molar refractivity (Wildman–Crippen MR) is 105 cm³/mol. The minimum atomic E-state index is -4.63. The van der Waals surface area contributed by atoms with E-state index >= 15 is 0 Å². The Morgan fingerprint density at radius 2 is 1.83 bits per heavy atom. The number of carbonyl (C=O) groups is 1. The smallest absolute Gasteiger partial charge is 0.380 e. The van der Waals surface area contributed by atoms with E-state index in [9.17, 15) is 22.8 Å². The Morgan fingerprint density at radius 3 is 2.55 bits per heavy atom. The average Bonchev–Trinajstić information content (AvgIpc) is 2.67. The van der Waals surface area contributed by atoms with Gasteiger partial charge < -0.3 is 15.6 Å². The third kappa shape index (κ3) is 5.17. The summed E-state index contributed by atoms with van der Waals surface area (Å²) in [6.07, 6.45) is -3.12. The second-order valence-electron chi connectivity index (χ2n) is 6.11. The number of para-hydroxylation sites is 1. The number of halogens is 4. The van der Waals surface area contributed by atoms with Gasteiger partial charge in [0, 0.05) is 30.2 Å². The van der Waals surface area contributed by atoms with Crippen molar-refractivity contribution in [1.29, 1.82) is 0 Å². The van der Waals surface area contributed by atoms with Crippen molar-refractivity contribution in [3.05, 3.63) is 92.9 Å². The molecule has 5 nitrogen and oxygen atoms in total. The van der Waals surface area contributed by atoms with E-state index in [-0.39, 0.29) is 23.4 Å². The van der Waals surface area contributed by atoms with Crippen LogP contribution in [0.25, 0.3) is 0 Å². The van der Waals surface area contributed by atoms with Crippen LogP contribution in [-0.4, -0.2) is 10.9 Å². The highest BCUT2D eigenvalue weighted by Crippen LogP contribution is 2.36. The zero-order chi connectivity index (χ0) is 21.0. The Balaban J connectivity index is 1.79. The van der Waals surface area contributed by atoms with E-state index in [2.05, 4.69) is 15.6 Å². The summed E-state index contributed by atoms with van der Waals surface area (Å²) in [5.74, 6) is -0.588. The van der Waals surface area contributed by atoms with Gasteiger partial charge in [-0.2, -0.15) is 13.2 Å². The number of pyridine rings is 1. The number of aromatic amines is 1. The lowest BCUT2D eigenvalue weighted by atomic mass is 10.1. The molecule has 0 bridgehead atoms. The van der Waals surface area contributed by atoms with Crippen molar-refractivity contribution in [3.8, 4) is 0 Å². The Bertz CT molecular complexity index is 1100. The van der Waals surface area contributed by atoms with Gasteiger partial charge >= 0.3 is 6.18 Å². The highest BCUT2D eigenvalue weighted by molar-refractivity contribution is 6.31. The van der Waals surface area contributed by atoms with E-state index in [0.717, 1.165) is 12.1 Å². The first-order chi connectivity index (χ1) is 13.7. The number of anilines is 2. The van der Waals surface area contributed by atoms with Crippen molar-refractivity contribution in [2.24, 2.45) is 0 Å². The summed E-state index contributed by atoms with van der Waals surface area (Å²) in [4.78, 5) is 26.5. The van der Waals surface area contributed by atoms with Crippen LogP contribution in [0.4, 0.5) is 24.5 Å². The second-order valence-corrected chi connectivity index (χ2v) is 6.51. The van der Waals surface area contributed by atoms with Crippen LogP contribution in [0.1, 0.15) is 21.5 Å². The van der Waals surface area contributed by atoms with Crippen LogP contribution in [-0.2, 0) is 12.7 Å². The molecule has 1 aromatic heterocycles. The fourth-order valence-electron chi connectivity index (χ4n) is 2.65. The zero-order valence-corrected chi connectivity index (χ0v) is 15.6. The molecule has 0 saturated heterocycles. The number of H-pyrrole nitrogens is 1. The fourth-order valence-corrected chi connectivity index (χ4v) is 2.87. The first-order valence-electron chi connectivity index (χ1n) is 8.42. The summed E-state index contributed by atoms with van der Waals surface area (Å²) in [7, 11) is 0. The minimum Gasteiger partial charge on any atom is -0.380 e. The minimum absolute atomic E-state index is 0.0314. The molecule has 1 amide bonds. The Kier molecular flexibility index (Phi) is 5.93. The van der Waals surface area contributed by atoms with Crippen LogP contribution in [0.15, 0.2) is 65.6 Å². The molecule has 0 radical (unpaired) electrons. The van der Waals surface area contributed by atoms with Crippen molar-refractivity contribution in [1.82, 2.24) is 4.98 Å². The van der Waals surface area contributed by atoms with Crippen LogP contribution >= 0.6 is 11.6 Å². The van der Waals surface area contributed by atoms with Crippen LogP contribution < -0.4 is 16.2 Å². The molecule has 0 spiro atoms. The molecule has 3 rings (SSSR count). The molecular formula is C20H15ClF3N3O2. The number of benzene rings is 2. The molecule has 9 heteroatoms. The Morgan fingerprint density at radius 1 is 1.07 bits per heavy atom. The zero-order valence-electron chi connectivity index (χ0n) is 14.8. The Hall–Kier alpha value is -3.26. The summed E-state index contributed by atoms with van der Waals surface area (Å²) in [5.41, 5.74) is 0.0972. The fraction of sp³-hybridized carbons (Fsp3) is 0.100. The quantitative estimate of drug-likeness (QED) is 0.548. The molecule has 150 valence electrons. The van der Waals surface area contributed by atoms with Gasteiger partial charge in [0.1, 0.15) is 0 Å². The van der Waals surface area contributed by atoms with Crippen LogP contribution in [0, 0.1) is 0 Å². The highest BCUT2D eigenvalue weighted by Gasteiger charge is 2.33. The first-order valence-corrected chi connectivity index (χ1v) is 8.80. The van der Waals surface area contributed by atoms with Gasteiger partial charge in [0.15, 0.2) is 0 Å². The molecule has 29 heavy (non-hydrogen) atoms. The lowest BCUT2D eigenvalue weighted by Gasteiger charge is -2.14. The van der Waals surface area contributed by atoms with E-state index in [0.29, 0.717) is 11.3 Å². The second kappa shape index (κ2) is 8.40. The van der Waals surface area contributed by atoms with E-state index in [1.807, 2.05) is 0 Å². The summed E-state index contributed by atoms with van der Waals surface area (Å²) in [6.45, 7) is 0.285. The molecule has 3 N–H and O–H groups in total. The number of amides is 1. The van der Waals surface area contributed by atoms with Crippen molar-refractivity contribution < 1.29 is 18.0 Å². The number of hydrogen-bond donors (Lipinski definition) is 3. The Labute approximate surface area is 168 Å². The number of aromatic nitrogens is 1. The maximum atomic E-state index is 13.0. The number of rotatable bonds is 5. The SMILES string of the molecule is O=C(Nc1ccc(Cl)c(C(F)(F)F)c1)c1ccccc1NCc1cc[nH]c(=O)c1. The largest absolute Gasteiger partial charge is 0.417 e. The van der Waals surface area contributed by atoms with E-state index in [4.69, 9.17) is 11.6 Å². The summed E-state index contributed by atoms with van der Waals surface area (Å²) in [6, 6.07) is 12.8. The molecular weight excluding hydrogens is 407 g/mol. The van der Waals surface area contributed by atoms with Crippen LogP contribution in [0.5, 0.6) is 0 Å². The van der Waals surface area contributed by atoms with Gasteiger partial charge in [-0.05, 0) is 42.0 Å². The van der Waals surface area contributed by atoms with E-state index in [1.54, 1.807) is 24.3 Å². The van der Waals surface area contributed by atoms with Gasteiger partial charge in [-0.1, -0.05) is 23.7 Å². The number of alkyl halides is 3. The van der Waals surface area contributed by atoms with Crippen molar-refractivity contribution >= 4 is 28.9 Å². The standard InChI is InChI=1S/C20H15ClF3N3O2/c21-16-6-5-13(10-15(16)20(22,23)24)27-19(29)14-3-1-2-4-17(14)26-11-12-7-8-25-18(28)9-12/h1-10,26H,11H2,(H,25,28)(H,27,29). The average molecular weight is 422 g/mol. The summed E-state index contributed by atoms with van der Waals surface area (Å²) >= 11 is 5.60. The molecule has 0 aliphatic heterocycles. The molecule has 0 atom stereocenters. The third-order valence-electron chi connectivity index (χ3n) is 4.02. The first kappa shape index (κ1) is 20.5. The van der Waals surface area contributed by atoms with Crippen molar-refractivity contribution in [2.75, 3.05) is 10.6 Å². The van der Waals surface area contributed by atoms with Gasteiger partial charge in [0.05, 0.1) is 16.1 Å². The summed E-state index contributed by atoms with van der Waals surface area (Å²) < 4.78 is 39.0. The van der Waals surface area contributed by atoms with Gasteiger partial charge in [0.2, 0.25) is 5.56 Å². The van der Waals surface area contributed by atoms with E-state index in [1.165, 1.54) is 24.4 Å². The van der Waals surface area contributed by atoms with Crippen molar-refractivity contribution in [2.45, 2.75) is 12.7 Å². The number of nitrogens with one attached hydrogen (secondary N) is 3. The molecule has 3 aromatic rings. The van der Waals surface area contributed by atoms with Gasteiger partial charge in [-0.3, -0.25) is 9.59 Å². The normalized spacial score (nSPS) is 11.2. The lowest BCUT2D eigenvalue weighted by molar-refractivity contribution is -0.137. The maximum absolute atomic E-state index is 13.0. The van der Waals surface area contributed by atoms with Gasteiger partial charge in [0.25, 0.3) is 5.91 Å². The molecule has 0 aliphatic rings. The molecule has 2 aromatic carbocycles. The van der Waals surface area contributed by atoms with Gasteiger partial charge in [-0.25, -0.2) is 0 Å². The predicted octanol–water partition coefficient (Wildman–Crippen LogP) is 4.91. The van der Waals surface area contributed by atoms with E-state index < -0.39 is 22.7 Å². The van der Waals surface area contributed by atoms with Crippen LogP contribution in [0.2, 0.25) is 5.02 Å². The summed E-state index contributed by atoms with van der Waals surface area (Å²) in [5, 5.41) is 5.06. The van der Waals surface area contributed by atoms with Gasteiger partial charge in [-0.15, -0.1) is 0 Å². The third-order valence-corrected chi connectivity index (χ3v) is 4.35. The molecule has 0 aliphatic carbocycles. The maximum Gasteiger partial charge on any atom is 0.417 e. The molecule has 0 saturated carbocycles. The molecule has 0 fully saturated rings. The molecule has 0 unspecified atom stereocenters. The number of carbonyl (C=O) groups excluding carboxylic acids is 1. The van der Waals surface area contributed by atoms with Crippen LogP contribution in [0.3, 0.4) is 0 Å². The lowest BCUT2D eigenvalue weighted by Crippen LogP contribution is -2.16. The number of hydrogen-bond acceptors (Lipinski definition) is 3. The topological polar surface area (TPSA) is 74.0 Å². The monoisotopic (exact) mass is 421 g/mol. The van der Waals surface area contributed by atoms with Crippen molar-refractivity contribution in [3.63, 3.8) is 0 Å².